The fraction of sp³-hybridized carbons (Fsp3) is 0.647. The van der Waals surface area contributed by atoms with Crippen LogP contribution < -0.4 is 10.1 Å². The van der Waals surface area contributed by atoms with Gasteiger partial charge in [-0.2, -0.15) is 0 Å². The first-order valence-electron chi connectivity index (χ1n) is 7.85. The van der Waals surface area contributed by atoms with Crippen LogP contribution in [0, 0.1) is 11.7 Å². The average Bonchev–Trinajstić information content (AvgIpc) is 2.47. The zero-order valence-electron chi connectivity index (χ0n) is 13.5. The van der Waals surface area contributed by atoms with Crippen LogP contribution in [0.1, 0.15) is 58.1 Å². The number of hydrogen-bond donors (Lipinski definition) is 1. The van der Waals surface area contributed by atoms with E-state index in [1.165, 1.54) is 6.07 Å². The first-order chi connectivity index (χ1) is 10.1. The summed E-state index contributed by atoms with van der Waals surface area (Å²) in [4.78, 5) is 0. The van der Waals surface area contributed by atoms with Crippen molar-refractivity contribution in [1.82, 2.24) is 5.32 Å². The van der Waals surface area contributed by atoms with Gasteiger partial charge in [-0.05, 0) is 47.3 Å². The summed E-state index contributed by atoms with van der Waals surface area (Å²) in [6.07, 6.45) is 4.61. The number of rotatable bonds is 9. The molecule has 120 valence electrons. The summed E-state index contributed by atoms with van der Waals surface area (Å²) in [6.45, 7) is 7.41. The Labute approximate surface area is 136 Å². The lowest BCUT2D eigenvalue weighted by Crippen LogP contribution is -2.29. The average molecular weight is 360 g/mol. The van der Waals surface area contributed by atoms with Crippen molar-refractivity contribution < 1.29 is 9.13 Å². The van der Waals surface area contributed by atoms with Crippen molar-refractivity contribution in [2.24, 2.45) is 5.92 Å². The molecule has 0 saturated carbocycles. The smallest absolute Gasteiger partial charge is 0.141 e. The van der Waals surface area contributed by atoms with Gasteiger partial charge in [0.05, 0.1) is 11.6 Å². The van der Waals surface area contributed by atoms with Crippen molar-refractivity contribution in [3.63, 3.8) is 0 Å². The predicted octanol–water partition coefficient (Wildman–Crippen LogP) is 5.46. The highest BCUT2D eigenvalue weighted by Crippen LogP contribution is 2.37. The second-order valence-corrected chi connectivity index (χ2v) is 6.24. The fourth-order valence-electron chi connectivity index (χ4n) is 2.93. The van der Waals surface area contributed by atoms with Crippen LogP contribution in [0.3, 0.4) is 0 Å². The molecule has 0 aliphatic heterocycles. The molecule has 0 heterocycles. The first-order valence-corrected chi connectivity index (χ1v) is 8.64. The molecule has 0 aliphatic carbocycles. The lowest BCUT2D eigenvalue weighted by Gasteiger charge is -2.29. The molecule has 0 amide bonds. The van der Waals surface area contributed by atoms with Gasteiger partial charge in [-0.25, -0.2) is 4.39 Å². The molecule has 1 aromatic rings. The number of benzene rings is 1. The molecule has 0 aliphatic rings. The Hall–Kier alpha value is -0.610. The molecular formula is C17H27BrFNO. The second-order valence-electron chi connectivity index (χ2n) is 5.38. The van der Waals surface area contributed by atoms with E-state index in [9.17, 15) is 4.39 Å². The minimum atomic E-state index is -0.284. The molecule has 0 radical (unpaired) electrons. The van der Waals surface area contributed by atoms with Gasteiger partial charge in [-0.3, -0.25) is 0 Å². The number of hydrogen-bond acceptors (Lipinski definition) is 2. The first kappa shape index (κ1) is 18.4. The summed E-state index contributed by atoms with van der Waals surface area (Å²) in [6, 6.07) is 3.53. The van der Waals surface area contributed by atoms with Crippen molar-refractivity contribution in [2.45, 2.75) is 52.5 Å². The normalized spacial score (nSPS) is 12.7. The summed E-state index contributed by atoms with van der Waals surface area (Å²) in [5, 5.41) is 3.57. The lowest BCUT2D eigenvalue weighted by atomic mass is 9.85. The van der Waals surface area contributed by atoms with E-state index < -0.39 is 0 Å². The quantitative estimate of drug-likeness (QED) is 0.631. The molecule has 0 spiro atoms. The summed E-state index contributed by atoms with van der Waals surface area (Å²) in [7, 11) is 1.60. The van der Waals surface area contributed by atoms with Crippen LogP contribution >= 0.6 is 15.9 Å². The van der Waals surface area contributed by atoms with Gasteiger partial charge in [-0.15, -0.1) is 0 Å². The van der Waals surface area contributed by atoms with Crippen LogP contribution in [-0.4, -0.2) is 13.7 Å². The standard InChI is InChI=1S/C17H27BrFNO/c1-5-8-12(9-6-2)17(20-7-3)13-10-14(18)15(19)11-16(13)21-4/h10-12,17,20H,5-9H2,1-4H3. The molecule has 1 N–H and O–H groups in total. The van der Waals surface area contributed by atoms with E-state index in [-0.39, 0.29) is 11.9 Å². The van der Waals surface area contributed by atoms with Crippen LogP contribution in [0.15, 0.2) is 16.6 Å². The Morgan fingerprint density at radius 2 is 1.81 bits per heavy atom. The van der Waals surface area contributed by atoms with E-state index in [4.69, 9.17) is 4.74 Å². The third-order valence-corrected chi connectivity index (χ3v) is 4.43. The zero-order valence-corrected chi connectivity index (χ0v) is 15.1. The van der Waals surface area contributed by atoms with E-state index in [2.05, 4.69) is 42.0 Å². The van der Waals surface area contributed by atoms with Crippen molar-refractivity contribution in [3.05, 3.63) is 28.0 Å². The van der Waals surface area contributed by atoms with Crippen molar-refractivity contribution in [2.75, 3.05) is 13.7 Å². The Morgan fingerprint density at radius 3 is 2.29 bits per heavy atom. The Morgan fingerprint density at radius 1 is 1.19 bits per heavy atom. The molecule has 1 rings (SSSR count). The highest BCUT2D eigenvalue weighted by molar-refractivity contribution is 9.10. The lowest BCUT2D eigenvalue weighted by molar-refractivity contribution is 0.308. The van der Waals surface area contributed by atoms with Gasteiger partial charge >= 0.3 is 0 Å². The molecular weight excluding hydrogens is 333 g/mol. The molecule has 1 atom stereocenters. The predicted molar refractivity (Wildman–Crippen MR) is 90.4 cm³/mol. The molecule has 1 aromatic carbocycles. The van der Waals surface area contributed by atoms with Gasteiger partial charge in [0, 0.05) is 17.7 Å². The Kier molecular flexibility index (Phi) is 8.27. The van der Waals surface area contributed by atoms with Gasteiger partial charge in [0.2, 0.25) is 0 Å². The summed E-state index contributed by atoms with van der Waals surface area (Å²) >= 11 is 3.30. The molecule has 0 bridgehead atoms. The minimum Gasteiger partial charge on any atom is -0.496 e. The van der Waals surface area contributed by atoms with Gasteiger partial charge in [0.25, 0.3) is 0 Å². The molecule has 0 fully saturated rings. The fourth-order valence-corrected chi connectivity index (χ4v) is 3.29. The number of halogens is 2. The van der Waals surface area contributed by atoms with Gasteiger partial charge in [0.15, 0.2) is 0 Å². The van der Waals surface area contributed by atoms with E-state index in [1.807, 2.05) is 6.07 Å². The highest BCUT2D eigenvalue weighted by atomic mass is 79.9. The maximum atomic E-state index is 13.7. The number of nitrogens with one attached hydrogen (secondary N) is 1. The maximum absolute atomic E-state index is 13.7. The number of ether oxygens (including phenoxy) is 1. The zero-order chi connectivity index (χ0) is 15.8. The molecule has 21 heavy (non-hydrogen) atoms. The van der Waals surface area contributed by atoms with Crippen LogP contribution in [-0.2, 0) is 0 Å². The van der Waals surface area contributed by atoms with Crippen molar-refractivity contribution >= 4 is 15.9 Å². The van der Waals surface area contributed by atoms with Crippen LogP contribution in [0.4, 0.5) is 4.39 Å². The molecule has 2 nitrogen and oxygen atoms in total. The van der Waals surface area contributed by atoms with E-state index in [0.717, 1.165) is 37.8 Å². The van der Waals surface area contributed by atoms with Gasteiger partial charge < -0.3 is 10.1 Å². The van der Waals surface area contributed by atoms with Crippen LogP contribution in [0.25, 0.3) is 0 Å². The van der Waals surface area contributed by atoms with E-state index >= 15 is 0 Å². The largest absolute Gasteiger partial charge is 0.496 e. The maximum Gasteiger partial charge on any atom is 0.141 e. The second kappa shape index (κ2) is 9.42. The third kappa shape index (κ3) is 4.96. The Bertz CT molecular complexity index is 433. The SMILES string of the molecule is CCCC(CCC)C(NCC)c1cc(Br)c(F)cc1OC. The summed E-state index contributed by atoms with van der Waals surface area (Å²) in [5.74, 6) is 0.874. The summed E-state index contributed by atoms with van der Waals surface area (Å²) in [5.41, 5.74) is 1.04. The molecule has 0 aromatic heterocycles. The summed E-state index contributed by atoms with van der Waals surface area (Å²) < 4.78 is 19.7. The monoisotopic (exact) mass is 359 g/mol. The van der Waals surface area contributed by atoms with Crippen molar-refractivity contribution in [3.8, 4) is 5.75 Å². The Balaban J connectivity index is 3.22. The van der Waals surface area contributed by atoms with Crippen LogP contribution in [0.2, 0.25) is 0 Å². The molecule has 4 heteroatoms. The minimum absolute atomic E-state index is 0.196. The van der Waals surface area contributed by atoms with Crippen molar-refractivity contribution in [1.29, 1.82) is 0 Å². The molecule has 0 saturated heterocycles. The van der Waals surface area contributed by atoms with Crippen LogP contribution in [0.5, 0.6) is 5.75 Å². The van der Waals surface area contributed by atoms with Gasteiger partial charge in [-0.1, -0.05) is 33.6 Å². The van der Waals surface area contributed by atoms with E-state index in [0.29, 0.717) is 16.1 Å². The molecule has 1 unspecified atom stereocenters. The highest BCUT2D eigenvalue weighted by Gasteiger charge is 2.25. The van der Waals surface area contributed by atoms with E-state index in [1.54, 1.807) is 7.11 Å². The third-order valence-electron chi connectivity index (χ3n) is 3.82. The van der Waals surface area contributed by atoms with Gasteiger partial charge in [0.1, 0.15) is 11.6 Å². The number of methoxy groups -OCH3 is 1. The topological polar surface area (TPSA) is 21.3 Å².